The van der Waals surface area contributed by atoms with E-state index >= 15 is 0 Å². The molecule has 3 nitrogen and oxygen atoms in total. The molecule has 0 saturated heterocycles. The summed E-state index contributed by atoms with van der Waals surface area (Å²) in [7, 11) is 0. The van der Waals surface area contributed by atoms with E-state index in [9.17, 15) is 9.59 Å². The van der Waals surface area contributed by atoms with Crippen molar-refractivity contribution < 1.29 is 9.59 Å². The van der Waals surface area contributed by atoms with Gasteiger partial charge in [-0.25, -0.2) is 0 Å². The lowest BCUT2D eigenvalue weighted by Gasteiger charge is -2.16. The summed E-state index contributed by atoms with van der Waals surface area (Å²) in [6.07, 6.45) is 2.71. The molecular formula is C23H19NO2. The van der Waals surface area contributed by atoms with Crippen LogP contribution in [-0.2, 0) is 6.42 Å². The third-order valence-electron chi connectivity index (χ3n) is 4.25. The van der Waals surface area contributed by atoms with Crippen LogP contribution in [0.5, 0.6) is 0 Å². The van der Waals surface area contributed by atoms with Crippen molar-refractivity contribution in [2.45, 2.75) is 6.42 Å². The van der Waals surface area contributed by atoms with E-state index in [0.717, 1.165) is 17.7 Å². The van der Waals surface area contributed by atoms with E-state index in [1.165, 1.54) is 0 Å². The van der Waals surface area contributed by atoms with Crippen molar-refractivity contribution in [3.63, 3.8) is 0 Å². The number of para-hydroxylation sites is 1. The first-order valence-corrected chi connectivity index (χ1v) is 8.35. The van der Waals surface area contributed by atoms with E-state index < -0.39 is 0 Å². The molecule has 0 unspecified atom stereocenters. The Morgan fingerprint density at radius 1 is 0.692 bits per heavy atom. The van der Waals surface area contributed by atoms with Crippen LogP contribution >= 0.6 is 0 Å². The highest BCUT2D eigenvalue weighted by Crippen LogP contribution is 2.26. The Kier molecular flexibility index (Phi) is 5.09. The minimum absolute atomic E-state index is 0.0641. The normalized spacial score (nSPS) is 11.7. The Labute approximate surface area is 152 Å². The molecule has 0 spiro atoms. The summed E-state index contributed by atoms with van der Waals surface area (Å²) in [5, 5.41) is 0. The predicted molar refractivity (Wildman–Crippen MR) is 105 cm³/mol. The molecule has 3 aromatic rings. The van der Waals surface area contributed by atoms with Crippen LogP contribution in [0.4, 0.5) is 5.69 Å². The summed E-state index contributed by atoms with van der Waals surface area (Å²) in [5.41, 5.74) is 9.68. The maximum Gasteiger partial charge on any atom is 0.194 e. The first kappa shape index (κ1) is 17.4. The van der Waals surface area contributed by atoms with E-state index in [1.54, 1.807) is 48.5 Å². The Hall–Kier alpha value is -3.46. The van der Waals surface area contributed by atoms with Gasteiger partial charge in [0.2, 0.25) is 0 Å². The lowest BCUT2D eigenvalue weighted by atomic mass is 9.84. The number of nitrogen functional groups attached to an aromatic ring is 1. The molecule has 128 valence electrons. The minimum atomic E-state index is -0.0641. The van der Waals surface area contributed by atoms with E-state index in [0.29, 0.717) is 22.3 Å². The standard InChI is InChI=1S/C14H8O2.C9H11N/c15-13-9-5-1-2-6-10(9)14(16)12-8-4-3-7-11(12)13;1-2-5-8-6-3-4-7-9(8)10/h1-8H;2-4,6-7H,1,5,10H2. The molecule has 4 rings (SSSR count). The summed E-state index contributed by atoms with van der Waals surface area (Å²) in [4.78, 5) is 24.2. The zero-order valence-corrected chi connectivity index (χ0v) is 14.3. The minimum Gasteiger partial charge on any atom is -0.398 e. The quantitative estimate of drug-likeness (QED) is 0.432. The number of carbonyl (C=O) groups excluding carboxylic acids is 2. The molecule has 0 bridgehead atoms. The van der Waals surface area contributed by atoms with Crippen LogP contribution in [0, 0.1) is 0 Å². The summed E-state index contributed by atoms with van der Waals surface area (Å²) in [6.45, 7) is 3.64. The fraction of sp³-hybridized carbons (Fsp3) is 0.0435. The van der Waals surface area contributed by atoms with Crippen molar-refractivity contribution in [1.82, 2.24) is 0 Å². The molecule has 0 atom stereocenters. The third-order valence-corrected chi connectivity index (χ3v) is 4.25. The number of allylic oxidation sites excluding steroid dienone is 1. The van der Waals surface area contributed by atoms with Gasteiger partial charge in [-0.05, 0) is 18.1 Å². The number of carbonyl (C=O) groups is 2. The van der Waals surface area contributed by atoms with Crippen LogP contribution < -0.4 is 5.73 Å². The molecule has 0 aromatic heterocycles. The molecule has 0 saturated carbocycles. The molecule has 0 aliphatic heterocycles. The van der Waals surface area contributed by atoms with Gasteiger partial charge in [0.15, 0.2) is 11.6 Å². The van der Waals surface area contributed by atoms with Crippen LogP contribution in [0.25, 0.3) is 0 Å². The third kappa shape index (κ3) is 3.33. The lowest BCUT2D eigenvalue weighted by molar-refractivity contribution is 0.0979. The molecule has 1 aliphatic carbocycles. The molecule has 0 heterocycles. The van der Waals surface area contributed by atoms with Crippen LogP contribution in [0.2, 0.25) is 0 Å². The zero-order chi connectivity index (χ0) is 18.5. The van der Waals surface area contributed by atoms with Gasteiger partial charge >= 0.3 is 0 Å². The van der Waals surface area contributed by atoms with Gasteiger partial charge in [0.05, 0.1) is 0 Å². The maximum absolute atomic E-state index is 12.1. The van der Waals surface area contributed by atoms with Gasteiger partial charge in [0, 0.05) is 27.9 Å². The van der Waals surface area contributed by atoms with Crippen molar-refractivity contribution in [3.05, 3.63) is 113 Å². The number of ketones is 2. The summed E-state index contributed by atoms with van der Waals surface area (Å²) >= 11 is 0. The first-order valence-electron chi connectivity index (χ1n) is 8.35. The van der Waals surface area contributed by atoms with Crippen molar-refractivity contribution in [3.8, 4) is 0 Å². The second kappa shape index (κ2) is 7.62. The molecule has 1 aliphatic rings. The smallest absolute Gasteiger partial charge is 0.194 e. The monoisotopic (exact) mass is 341 g/mol. The number of benzene rings is 3. The van der Waals surface area contributed by atoms with E-state index in [1.807, 2.05) is 30.3 Å². The zero-order valence-electron chi connectivity index (χ0n) is 14.3. The number of anilines is 1. The molecule has 2 N–H and O–H groups in total. The fourth-order valence-corrected chi connectivity index (χ4v) is 2.92. The average molecular weight is 341 g/mol. The number of fused-ring (bicyclic) bond motifs is 2. The highest BCUT2D eigenvalue weighted by Gasteiger charge is 2.28. The highest BCUT2D eigenvalue weighted by molar-refractivity contribution is 6.28. The van der Waals surface area contributed by atoms with Gasteiger partial charge in [-0.15, -0.1) is 6.58 Å². The fourth-order valence-electron chi connectivity index (χ4n) is 2.92. The van der Waals surface area contributed by atoms with Crippen LogP contribution in [0.3, 0.4) is 0 Å². The second-order valence-corrected chi connectivity index (χ2v) is 5.94. The topological polar surface area (TPSA) is 60.2 Å². The largest absolute Gasteiger partial charge is 0.398 e. The molecule has 0 radical (unpaired) electrons. The van der Waals surface area contributed by atoms with Gasteiger partial charge in [-0.3, -0.25) is 9.59 Å². The Balaban J connectivity index is 0.000000170. The first-order chi connectivity index (χ1) is 12.6. The van der Waals surface area contributed by atoms with Gasteiger partial charge in [-0.1, -0.05) is 72.8 Å². The van der Waals surface area contributed by atoms with Gasteiger partial charge in [0.25, 0.3) is 0 Å². The van der Waals surface area contributed by atoms with Crippen LogP contribution in [0.15, 0.2) is 85.5 Å². The molecule has 26 heavy (non-hydrogen) atoms. The second-order valence-electron chi connectivity index (χ2n) is 5.94. The highest BCUT2D eigenvalue weighted by atomic mass is 16.1. The Bertz CT molecular complexity index is 883. The predicted octanol–water partition coefficient (Wildman–Crippen LogP) is 4.46. The van der Waals surface area contributed by atoms with Crippen molar-refractivity contribution >= 4 is 17.3 Å². The molecular weight excluding hydrogens is 322 g/mol. The van der Waals surface area contributed by atoms with Crippen molar-refractivity contribution in [2.24, 2.45) is 0 Å². The van der Waals surface area contributed by atoms with Crippen molar-refractivity contribution in [2.75, 3.05) is 5.73 Å². The summed E-state index contributed by atoms with van der Waals surface area (Å²) in [5.74, 6) is -0.128. The number of nitrogens with two attached hydrogens (primary N) is 1. The SMILES string of the molecule is C=CCc1ccccc1N.O=C1c2ccccc2C(=O)c2ccccc21. The van der Waals surface area contributed by atoms with Gasteiger partial charge in [-0.2, -0.15) is 0 Å². The molecule has 3 heteroatoms. The van der Waals surface area contributed by atoms with E-state index in [4.69, 9.17) is 5.73 Å². The molecule has 3 aromatic carbocycles. The van der Waals surface area contributed by atoms with Crippen LogP contribution in [-0.4, -0.2) is 11.6 Å². The van der Waals surface area contributed by atoms with E-state index in [2.05, 4.69) is 6.58 Å². The lowest BCUT2D eigenvalue weighted by Crippen LogP contribution is -2.20. The Morgan fingerprint density at radius 2 is 1.08 bits per heavy atom. The van der Waals surface area contributed by atoms with Gasteiger partial charge in [0.1, 0.15) is 0 Å². The molecule has 0 amide bonds. The maximum atomic E-state index is 12.1. The number of hydrogen-bond donors (Lipinski definition) is 1. The van der Waals surface area contributed by atoms with Gasteiger partial charge < -0.3 is 5.73 Å². The van der Waals surface area contributed by atoms with Crippen molar-refractivity contribution in [1.29, 1.82) is 0 Å². The molecule has 0 fully saturated rings. The van der Waals surface area contributed by atoms with E-state index in [-0.39, 0.29) is 11.6 Å². The summed E-state index contributed by atoms with van der Waals surface area (Å²) in [6, 6.07) is 21.7. The Morgan fingerprint density at radius 3 is 1.46 bits per heavy atom. The number of rotatable bonds is 2. The van der Waals surface area contributed by atoms with Crippen LogP contribution in [0.1, 0.15) is 37.4 Å². The average Bonchev–Trinajstić information content (AvgIpc) is 2.69. The number of hydrogen-bond acceptors (Lipinski definition) is 3. The summed E-state index contributed by atoms with van der Waals surface area (Å²) < 4.78 is 0.